The van der Waals surface area contributed by atoms with Gasteiger partial charge in [-0.2, -0.15) is 0 Å². The number of hydrogen-bond donors (Lipinski definition) is 0. The molecule has 0 saturated heterocycles. The maximum absolute atomic E-state index is 4.34. The van der Waals surface area contributed by atoms with Crippen molar-refractivity contribution in [3.8, 4) is 0 Å². The fourth-order valence-corrected chi connectivity index (χ4v) is 1.80. The highest BCUT2D eigenvalue weighted by atomic mass is 127. The van der Waals surface area contributed by atoms with Gasteiger partial charge < -0.3 is 0 Å². The Morgan fingerprint density at radius 3 is 2.50 bits per heavy atom. The van der Waals surface area contributed by atoms with Crippen LogP contribution in [-0.2, 0) is 0 Å². The summed E-state index contributed by atoms with van der Waals surface area (Å²) in [4.78, 5) is 12.2. The Balaban J connectivity index is 3.52. The van der Waals surface area contributed by atoms with E-state index in [0.717, 1.165) is 14.8 Å². The lowest BCUT2D eigenvalue weighted by atomic mass is 10.1. The monoisotopic (exact) mass is 301 g/mol. The molecule has 0 aromatic carbocycles. The molecule has 0 N–H and O–H groups in total. The molecule has 0 amide bonds. The minimum atomic E-state index is 0.656. The normalized spacial score (nSPS) is 10.9. The SMILES string of the molecule is C=Nc1nc(I)c(C)c(C)c1/C=N\C. The van der Waals surface area contributed by atoms with Gasteiger partial charge in [0.05, 0.1) is 0 Å². The van der Waals surface area contributed by atoms with E-state index in [2.05, 4.69) is 44.3 Å². The first-order valence-corrected chi connectivity index (χ1v) is 5.25. The second-order valence-corrected chi connectivity index (χ2v) is 3.96. The van der Waals surface area contributed by atoms with E-state index in [1.807, 2.05) is 13.8 Å². The molecule has 0 radical (unpaired) electrons. The smallest absolute Gasteiger partial charge is 0.161 e. The second kappa shape index (κ2) is 4.63. The average molecular weight is 301 g/mol. The molecule has 0 fully saturated rings. The molecule has 0 aliphatic carbocycles. The van der Waals surface area contributed by atoms with E-state index >= 15 is 0 Å². The summed E-state index contributed by atoms with van der Waals surface area (Å²) in [5.41, 5.74) is 3.30. The van der Waals surface area contributed by atoms with E-state index in [9.17, 15) is 0 Å². The van der Waals surface area contributed by atoms with Gasteiger partial charge in [0, 0.05) is 18.8 Å². The van der Waals surface area contributed by atoms with E-state index in [1.165, 1.54) is 5.56 Å². The summed E-state index contributed by atoms with van der Waals surface area (Å²) >= 11 is 2.20. The van der Waals surface area contributed by atoms with Crippen molar-refractivity contribution in [2.45, 2.75) is 13.8 Å². The van der Waals surface area contributed by atoms with E-state index in [-0.39, 0.29) is 0 Å². The minimum Gasteiger partial charge on any atom is -0.296 e. The molecule has 0 aliphatic heterocycles. The molecule has 1 aromatic rings. The zero-order valence-corrected chi connectivity index (χ0v) is 10.7. The largest absolute Gasteiger partial charge is 0.296 e. The summed E-state index contributed by atoms with van der Waals surface area (Å²) < 4.78 is 0.968. The average Bonchev–Trinajstić information content (AvgIpc) is 2.19. The lowest BCUT2D eigenvalue weighted by Crippen LogP contribution is -1.98. The molecule has 0 unspecified atom stereocenters. The first-order valence-electron chi connectivity index (χ1n) is 4.17. The maximum Gasteiger partial charge on any atom is 0.161 e. The molecule has 1 heterocycles. The lowest BCUT2D eigenvalue weighted by Gasteiger charge is -2.08. The standard InChI is InChI=1S/C10H12IN3/c1-6-7(2)9(11)14-10(13-4)8(6)5-12-3/h5H,4H2,1-3H3/b12-5-. The summed E-state index contributed by atoms with van der Waals surface area (Å²) in [6, 6.07) is 0. The molecule has 1 aromatic heterocycles. The third kappa shape index (κ3) is 2.00. The number of aromatic nitrogens is 1. The number of halogens is 1. The van der Waals surface area contributed by atoms with Crippen LogP contribution in [0.2, 0.25) is 0 Å². The van der Waals surface area contributed by atoms with Crippen molar-refractivity contribution in [2.24, 2.45) is 9.98 Å². The van der Waals surface area contributed by atoms with Crippen LogP contribution >= 0.6 is 22.6 Å². The number of hydrogen-bond acceptors (Lipinski definition) is 3. The highest BCUT2D eigenvalue weighted by Gasteiger charge is 2.09. The highest BCUT2D eigenvalue weighted by Crippen LogP contribution is 2.24. The Hall–Kier alpha value is -0.780. The van der Waals surface area contributed by atoms with Crippen molar-refractivity contribution in [1.82, 2.24) is 4.98 Å². The summed E-state index contributed by atoms with van der Waals surface area (Å²) in [6.07, 6.45) is 1.77. The van der Waals surface area contributed by atoms with Gasteiger partial charge in [-0.05, 0) is 54.3 Å². The predicted molar refractivity (Wildman–Crippen MR) is 69.2 cm³/mol. The minimum absolute atomic E-state index is 0.656. The molecular formula is C10H12IN3. The third-order valence-corrected chi connectivity index (χ3v) is 3.18. The summed E-state index contributed by atoms with van der Waals surface area (Å²) in [5.74, 6) is 0.656. The molecule has 0 bridgehead atoms. The van der Waals surface area contributed by atoms with Gasteiger partial charge in [0.15, 0.2) is 5.82 Å². The first kappa shape index (κ1) is 11.3. The predicted octanol–water partition coefficient (Wildman–Crippen LogP) is 2.68. The van der Waals surface area contributed by atoms with Crippen LogP contribution in [0.5, 0.6) is 0 Å². The van der Waals surface area contributed by atoms with E-state index in [1.54, 1.807) is 13.3 Å². The van der Waals surface area contributed by atoms with Crippen molar-refractivity contribution in [2.75, 3.05) is 7.05 Å². The van der Waals surface area contributed by atoms with Gasteiger partial charge >= 0.3 is 0 Å². The van der Waals surface area contributed by atoms with E-state index in [0.29, 0.717) is 5.82 Å². The molecule has 3 nitrogen and oxygen atoms in total. The zero-order chi connectivity index (χ0) is 10.7. The van der Waals surface area contributed by atoms with Gasteiger partial charge in [0.2, 0.25) is 0 Å². The van der Waals surface area contributed by atoms with Crippen molar-refractivity contribution < 1.29 is 0 Å². The number of rotatable bonds is 2. The van der Waals surface area contributed by atoms with Crippen LogP contribution < -0.4 is 0 Å². The van der Waals surface area contributed by atoms with Crippen LogP contribution in [-0.4, -0.2) is 25.0 Å². The number of aliphatic imine (C=N–C) groups is 2. The van der Waals surface area contributed by atoms with E-state index < -0.39 is 0 Å². The summed E-state index contributed by atoms with van der Waals surface area (Å²) in [6.45, 7) is 7.60. The van der Waals surface area contributed by atoms with Crippen molar-refractivity contribution in [3.63, 3.8) is 0 Å². The maximum atomic E-state index is 4.34. The first-order chi connectivity index (χ1) is 6.61. The molecule has 1 rings (SSSR count). The van der Waals surface area contributed by atoms with Crippen molar-refractivity contribution in [3.05, 3.63) is 20.4 Å². The highest BCUT2D eigenvalue weighted by molar-refractivity contribution is 14.1. The van der Waals surface area contributed by atoms with Gasteiger partial charge in [-0.3, -0.25) is 4.99 Å². The van der Waals surface area contributed by atoms with Crippen molar-refractivity contribution in [1.29, 1.82) is 0 Å². The second-order valence-electron chi connectivity index (χ2n) is 2.94. The van der Waals surface area contributed by atoms with E-state index in [4.69, 9.17) is 0 Å². The zero-order valence-electron chi connectivity index (χ0n) is 8.50. The van der Waals surface area contributed by atoms with Crippen LogP contribution in [0.3, 0.4) is 0 Å². The molecule has 74 valence electrons. The Morgan fingerprint density at radius 2 is 2.00 bits per heavy atom. The van der Waals surface area contributed by atoms with Gasteiger partial charge in [-0.25, -0.2) is 9.98 Å². The summed E-state index contributed by atoms with van der Waals surface area (Å²) in [5, 5.41) is 0. The van der Waals surface area contributed by atoms with Crippen LogP contribution in [0.25, 0.3) is 0 Å². The molecule has 4 heteroatoms. The van der Waals surface area contributed by atoms with Gasteiger partial charge in [0.25, 0.3) is 0 Å². The molecule has 0 aliphatic rings. The molecular weight excluding hydrogens is 289 g/mol. The van der Waals surface area contributed by atoms with Crippen LogP contribution in [0, 0.1) is 17.5 Å². The third-order valence-electron chi connectivity index (χ3n) is 2.13. The van der Waals surface area contributed by atoms with Gasteiger partial charge in [-0.1, -0.05) is 0 Å². The fourth-order valence-electron chi connectivity index (χ4n) is 1.17. The Morgan fingerprint density at radius 1 is 1.36 bits per heavy atom. The molecule has 0 spiro atoms. The summed E-state index contributed by atoms with van der Waals surface area (Å²) in [7, 11) is 1.74. The topological polar surface area (TPSA) is 37.6 Å². The number of pyridine rings is 1. The Bertz CT molecular complexity index is 397. The lowest BCUT2D eigenvalue weighted by molar-refractivity contribution is 1.15. The molecule has 0 atom stereocenters. The molecule has 0 saturated carbocycles. The van der Waals surface area contributed by atoms with Crippen molar-refractivity contribution >= 4 is 41.3 Å². The van der Waals surface area contributed by atoms with Crippen LogP contribution in [0.15, 0.2) is 9.98 Å². The quantitative estimate of drug-likeness (QED) is 0.470. The van der Waals surface area contributed by atoms with Crippen LogP contribution in [0.1, 0.15) is 16.7 Å². The van der Waals surface area contributed by atoms with Gasteiger partial charge in [0.1, 0.15) is 3.70 Å². The Labute approximate surface area is 97.5 Å². The number of nitrogens with zero attached hydrogens (tertiary/aromatic N) is 3. The Kier molecular flexibility index (Phi) is 3.74. The fraction of sp³-hybridized carbons (Fsp3) is 0.300. The molecule has 14 heavy (non-hydrogen) atoms. The van der Waals surface area contributed by atoms with Crippen LogP contribution in [0.4, 0.5) is 5.82 Å². The van der Waals surface area contributed by atoms with Gasteiger partial charge in [-0.15, -0.1) is 0 Å².